The summed E-state index contributed by atoms with van der Waals surface area (Å²) >= 11 is 5.99. The van der Waals surface area contributed by atoms with Crippen molar-refractivity contribution in [3.8, 4) is 0 Å². The summed E-state index contributed by atoms with van der Waals surface area (Å²) in [5.41, 5.74) is -2.03. The number of carboxylic acid groups (broad SMARTS) is 1. The first kappa shape index (κ1) is 22.6. The number of amides is 1. The van der Waals surface area contributed by atoms with Crippen LogP contribution in [-0.4, -0.2) is 29.1 Å². The van der Waals surface area contributed by atoms with Gasteiger partial charge < -0.3 is 10.4 Å². The summed E-state index contributed by atoms with van der Waals surface area (Å²) < 4.78 is 43.6. The molecule has 0 unspecified atom stereocenters. The number of benzene rings is 2. The lowest BCUT2D eigenvalue weighted by molar-refractivity contribution is -0.139. The quantitative estimate of drug-likeness (QED) is 0.618. The topological polar surface area (TPSA) is 78.4 Å². The van der Waals surface area contributed by atoms with Gasteiger partial charge in [0, 0.05) is 23.7 Å². The molecule has 32 heavy (non-hydrogen) atoms. The van der Waals surface area contributed by atoms with E-state index in [0.717, 1.165) is 12.1 Å². The van der Waals surface area contributed by atoms with Crippen molar-refractivity contribution in [1.29, 1.82) is 0 Å². The number of halogens is 4. The number of hydrogen-bond donors (Lipinski definition) is 3. The number of carboxylic acids is 1. The van der Waals surface area contributed by atoms with E-state index in [0.29, 0.717) is 6.42 Å². The number of carbonyl (C=O) groups is 2. The highest BCUT2D eigenvalue weighted by molar-refractivity contribution is 6.30. The predicted molar refractivity (Wildman–Crippen MR) is 113 cm³/mol. The summed E-state index contributed by atoms with van der Waals surface area (Å²) in [5.74, 6) is -6.40. The van der Waals surface area contributed by atoms with Gasteiger partial charge >= 0.3 is 5.97 Å². The Morgan fingerprint density at radius 1 is 1.19 bits per heavy atom. The summed E-state index contributed by atoms with van der Waals surface area (Å²) in [4.78, 5) is 25.9. The maximum atomic E-state index is 15.2. The second kappa shape index (κ2) is 7.49. The number of aliphatic carboxylic acids is 1. The monoisotopic (exact) mass is 466 g/mol. The highest BCUT2D eigenvalue weighted by atomic mass is 35.5. The third-order valence-corrected chi connectivity index (χ3v) is 6.58. The molecule has 2 heterocycles. The molecule has 1 amide bonds. The minimum atomic E-state index is -1.70. The molecule has 170 valence electrons. The van der Waals surface area contributed by atoms with Crippen molar-refractivity contribution < 1.29 is 27.9 Å². The van der Waals surface area contributed by atoms with Crippen molar-refractivity contribution in [2.24, 2.45) is 5.41 Å². The lowest BCUT2D eigenvalue weighted by atomic mass is 9.62. The molecule has 1 fully saturated rings. The Bertz CT molecular complexity index is 1130. The van der Waals surface area contributed by atoms with E-state index in [-0.39, 0.29) is 27.3 Å². The van der Waals surface area contributed by atoms with Crippen molar-refractivity contribution in [3.05, 3.63) is 63.9 Å². The normalized spacial score (nSPS) is 27.0. The van der Waals surface area contributed by atoms with Crippen LogP contribution < -0.4 is 10.6 Å². The van der Waals surface area contributed by atoms with E-state index in [1.807, 2.05) is 20.8 Å². The van der Waals surface area contributed by atoms with E-state index >= 15 is 4.39 Å². The Kier molecular flexibility index (Phi) is 5.29. The summed E-state index contributed by atoms with van der Waals surface area (Å²) in [6.07, 6.45) is 0.307. The van der Waals surface area contributed by atoms with Gasteiger partial charge in [-0.1, -0.05) is 44.5 Å². The van der Waals surface area contributed by atoms with Crippen molar-refractivity contribution in [2.75, 3.05) is 5.32 Å². The number of carbonyl (C=O) groups excluding carboxylic acids is 1. The number of fused-ring (bicyclic) bond motifs is 2. The number of anilines is 1. The van der Waals surface area contributed by atoms with E-state index in [4.69, 9.17) is 11.6 Å². The molecule has 2 aliphatic heterocycles. The molecule has 5 nitrogen and oxygen atoms in total. The standard InChI is InChI=1S/C23H22ClF3N2O3/c1-22(2,3)9-16-23(11-7-13(25)14(26)8-15(11)28-21(23)32)17(19(29-16)20(30)31)10-5-4-6-12(24)18(10)27/h4-8,16-17,19,29H,9H2,1-3H3,(H,28,32)(H,30,31)/t16-,17-,19+,23+/m0/s1. The van der Waals surface area contributed by atoms with Crippen LogP contribution in [0.4, 0.5) is 18.9 Å². The first-order chi connectivity index (χ1) is 14.9. The Hall–Kier alpha value is -2.58. The fourth-order valence-corrected chi connectivity index (χ4v) is 5.33. The fourth-order valence-electron chi connectivity index (χ4n) is 5.15. The van der Waals surface area contributed by atoms with Gasteiger partial charge in [0.25, 0.3) is 0 Å². The molecule has 0 bridgehead atoms. The molecule has 0 aliphatic carbocycles. The van der Waals surface area contributed by atoms with Gasteiger partial charge in [-0.2, -0.15) is 0 Å². The van der Waals surface area contributed by atoms with Gasteiger partial charge in [-0.15, -0.1) is 0 Å². The molecule has 2 aromatic rings. The zero-order valence-electron chi connectivity index (χ0n) is 17.6. The maximum Gasteiger partial charge on any atom is 0.321 e. The number of nitrogens with one attached hydrogen (secondary N) is 2. The zero-order chi connectivity index (χ0) is 23.6. The van der Waals surface area contributed by atoms with Crippen LogP contribution in [0.3, 0.4) is 0 Å². The van der Waals surface area contributed by atoms with Gasteiger partial charge in [-0.25, -0.2) is 13.2 Å². The predicted octanol–water partition coefficient (Wildman–Crippen LogP) is 4.59. The van der Waals surface area contributed by atoms with E-state index in [1.165, 1.54) is 18.2 Å². The van der Waals surface area contributed by atoms with Crippen molar-refractivity contribution >= 4 is 29.2 Å². The minimum Gasteiger partial charge on any atom is -0.480 e. The average molecular weight is 467 g/mol. The summed E-state index contributed by atoms with van der Waals surface area (Å²) in [6.45, 7) is 5.72. The van der Waals surface area contributed by atoms with Crippen LogP contribution in [0.5, 0.6) is 0 Å². The van der Waals surface area contributed by atoms with E-state index in [2.05, 4.69) is 10.6 Å². The molecule has 0 saturated carbocycles. The van der Waals surface area contributed by atoms with Crippen LogP contribution in [0.2, 0.25) is 5.02 Å². The Morgan fingerprint density at radius 3 is 2.47 bits per heavy atom. The van der Waals surface area contributed by atoms with Crippen LogP contribution in [0, 0.1) is 22.9 Å². The Labute approximate surface area is 188 Å². The van der Waals surface area contributed by atoms with Gasteiger partial charge in [-0.3, -0.25) is 14.9 Å². The first-order valence-electron chi connectivity index (χ1n) is 10.1. The molecule has 4 rings (SSSR count). The molecule has 1 saturated heterocycles. The van der Waals surface area contributed by atoms with Crippen LogP contribution in [0.25, 0.3) is 0 Å². The fraction of sp³-hybridized carbons (Fsp3) is 0.391. The summed E-state index contributed by atoms with van der Waals surface area (Å²) in [7, 11) is 0. The van der Waals surface area contributed by atoms with Crippen LogP contribution >= 0.6 is 11.6 Å². The Morgan fingerprint density at radius 2 is 1.84 bits per heavy atom. The third-order valence-electron chi connectivity index (χ3n) is 6.28. The van der Waals surface area contributed by atoms with Crippen molar-refractivity contribution in [2.45, 2.75) is 50.6 Å². The number of rotatable bonds is 3. The molecular formula is C23H22ClF3N2O3. The highest BCUT2D eigenvalue weighted by Gasteiger charge is 2.66. The van der Waals surface area contributed by atoms with E-state index in [1.54, 1.807) is 0 Å². The molecular weight excluding hydrogens is 445 g/mol. The van der Waals surface area contributed by atoms with Crippen LogP contribution in [0.15, 0.2) is 30.3 Å². The molecule has 2 aromatic carbocycles. The maximum absolute atomic E-state index is 15.2. The van der Waals surface area contributed by atoms with Gasteiger partial charge in [0.15, 0.2) is 11.6 Å². The van der Waals surface area contributed by atoms with Crippen LogP contribution in [0.1, 0.15) is 44.2 Å². The molecule has 2 aliphatic rings. The molecule has 0 radical (unpaired) electrons. The zero-order valence-corrected chi connectivity index (χ0v) is 18.4. The van der Waals surface area contributed by atoms with Gasteiger partial charge in [0.05, 0.1) is 5.02 Å². The largest absolute Gasteiger partial charge is 0.480 e. The van der Waals surface area contributed by atoms with Gasteiger partial charge in [0.2, 0.25) is 5.91 Å². The molecule has 4 atom stereocenters. The Balaban J connectivity index is 2.06. The molecule has 0 aromatic heterocycles. The first-order valence-corrected chi connectivity index (χ1v) is 10.5. The van der Waals surface area contributed by atoms with Crippen molar-refractivity contribution in [1.82, 2.24) is 5.32 Å². The smallest absolute Gasteiger partial charge is 0.321 e. The lowest BCUT2D eigenvalue weighted by Crippen LogP contribution is -2.49. The SMILES string of the molecule is CC(C)(C)C[C@@H]1N[C@@H](C(=O)O)[C@H](c2cccc(Cl)c2F)[C@]12C(=O)Nc1cc(F)c(F)cc12. The number of hydrogen-bond acceptors (Lipinski definition) is 3. The highest BCUT2D eigenvalue weighted by Crippen LogP contribution is 2.57. The van der Waals surface area contributed by atoms with Crippen molar-refractivity contribution in [3.63, 3.8) is 0 Å². The second-order valence-corrected chi connectivity index (χ2v) is 9.96. The van der Waals surface area contributed by atoms with Gasteiger partial charge in [0.1, 0.15) is 17.3 Å². The van der Waals surface area contributed by atoms with Crippen LogP contribution in [-0.2, 0) is 15.0 Å². The summed E-state index contributed by atoms with van der Waals surface area (Å²) in [5, 5.41) is 15.4. The lowest BCUT2D eigenvalue weighted by Gasteiger charge is -2.37. The van der Waals surface area contributed by atoms with E-state index < -0.39 is 52.7 Å². The second-order valence-electron chi connectivity index (χ2n) is 9.56. The van der Waals surface area contributed by atoms with Gasteiger partial charge in [-0.05, 0) is 35.1 Å². The minimum absolute atomic E-state index is 0.0353. The molecule has 9 heteroatoms. The van der Waals surface area contributed by atoms with E-state index in [9.17, 15) is 23.5 Å². The summed E-state index contributed by atoms with van der Waals surface area (Å²) in [6, 6.07) is 3.73. The molecule has 3 N–H and O–H groups in total. The third kappa shape index (κ3) is 3.28. The molecule has 1 spiro atoms. The average Bonchev–Trinajstić information content (AvgIpc) is 3.14.